The van der Waals surface area contributed by atoms with Gasteiger partial charge in [-0.3, -0.25) is 10.1 Å². The van der Waals surface area contributed by atoms with Crippen molar-refractivity contribution in [3.05, 3.63) is 62.6 Å². The van der Waals surface area contributed by atoms with Crippen molar-refractivity contribution >= 4 is 34.6 Å². The molecule has 1 saturated heterocycles. The zero-order valence-corrected chi connectivity index (χ0v) is 16.8. The van der Waals surface area contributed by atoms with Gasteiger partial charge >= 0.3 is 0 Å². The summed E-state index contributed by atoms with van der Waals surface area (Å²) < 4.78 is 5.69. The lowest BCUT2D eigenvalue weighted by molar-refractivity contribution is -0.900. The van der Waals surface area contributed by atoms with Crippen molar-refractivity contribution in [2.24, 2.45) is 0 Å². The zero-order valence-electron chi connectivity index (χ0n) is 14.5. The number of piperazine rings is 1. The summed E-state index contributed by atoms with van der Waals surface area (Å²) in [5.41, 5.74) is 1.17. The van der Waals surface area contributed by atoms with Gasteiger partial charge in [0.15, 0.2) is 0 Å². The molecule has 1 aliphatic rings. The third kappa shape index (κ3) is 5.87. The third-order valence-corrected chi connectivity index (χ3v) is 5.25. The van der Waals surface area contributed by atoms with Crippen LogP contribution in [0.5, 0.6) is 5.75 Å². The molecule has 0 aliphatic carbocycles. The van der Waals surface area contributed by atoms with Gasteiger partial charge in [-0.2, -0.15) is 0 Å². The topological polar surface area (TPSA) is 60.1 Å². The molecule has 1 N–H and O–H groups in total. The van der Waals surface area contributed by atoms with E-state index in [0.29, 0.717) is 22.4 Å². The smallest absolute Gasteiger partial charge is 0.269 e. The molecule has 0 atom stereocenters. The van der Waals surface area contributed by atoms with Crippen molar-refractivity contribution in [3.63, 3.8) is 0 Å². The van der Waals surface area contributed by atoms with Crippen LogP contribution in [0.4, 0.5) is 11.4 Å². The Labute approximate surface area is 174 Å². The average Bonchev–Trinajstić information content (AvgIpc) is 2.65. The molecule has 6 nitrogen and oxygen atoms in total. The van der Waals surface area contributed by atoms with Crippen molar-refractivity contribution in [2.45, 2.75) is 0 Å². The van der Waals surface area contributed by atoms with Crippen LogP contribution in [-0.2, 0) is 0 Å². The van der Waals surface area contributed by atoms with Gasteiger partial charge in [0.25, 0.3) is 5.69 Å². The lowest BCUT2D eigenvalue weighted by atomic mass is 10.2. The third-order valence-electron chi connectivity index (χ3n) is 4.51. The molecule has 0 aromatic heterocycles. The second kappa shape index (κ2) is 9.99. The van der Waals surface area contributed by atoms with E-state index in [1.165, 1.54) is 17.0 Å². The number of nitrogens with zero attached hydrogens (tertiary/aromatic N) is 2. The van der Waals surface area contributed by atoms with E-state index < -0.39 is 4.92 Å². The van der Waals surface area contributed by atoms with E-state index in [4.69, 9.17) is 27.9 Å². The van der Waals surface area contributed by atoms with Crippen molar-refractivity contribution in [2.75, 3.05) is 44.2 Å². The molecule has 2 aromatic carbocycles. The number of anilines is 1. The first-order chi connectivity index (χ1) is 12.5. The van der Waals surface area contributed by atoms with Crippen LogP contribution in [0.25, 0.3) is 0 Å². The van der Waals surface area contributed by atoms with E-state index in [1.807, 2.05) is 18.2 Å². The number of nitro groups is 1. The molecule has 0 spiro atoms. The fourth-order valence-electron chi connectivity index (χ4n) is 2.99. The van der Waals surface area contributed by atoms with Gasteiger partial charge in [-0.1, -0.05) is 23.2 Å². The van der Waals surface area contributed by atoms with Crippen LogP contribution in [0.3, 0.4) is 0 Å². The van der Waals surface area contributed by atoms with Gasteiger partial charge in [0.1, 0.15) is 18.9 Å². The van der Waals surface area contributed by atoms with Crippen LogP contribution in [0, 0.1) is 10.1 Å². The summed E-state index contributed by atoms with van der Waals surface area (Å²) in [4.78, 5) is 14.0. The predicted octanol–water partition coefficient (Wildman–Crippen LogP) is -0.310. The van der Waals surface area contributed by atoms with Crippen molar-refractivity contribution in [3.8, 4) is 5.75 Å². The monoisotopic (exact) mass is 431 g/mol. The van der Waals surface area contributed by atoms with Crippen LogP contribution in [0.1, 0.15) is 0 Å². The predicted molar refractivity (Wildman–Crippen MR) is 103 cm³/mol. The number of hydrogen-bond donors (Lipinski definition) is 1. The summed E-state index contributed by atoms with van der Waals surface area (Å²) in [5, 5.41) is 11.8. The SMILES string of the molecule is O=[N+]([O-])c1ccc(OCC[NH+]2CCN(c3ccc(Cl)c(Cl)c3)CC2)cc1.[Cl-]. The molecule has 3 rings (SSSR count). The molecule has 1 aliphatic heterocycles. The van der Waals surface area contributed by atoms with E-state index in [-0.39, 0.29) is 18.1 Å². The highest BCUT2D eigenvalue weighted by molar-refractivity contribution is 6.42. The highest BCUT2D eigenvalue weighted by Crippen LogP contribution is 2.27. The molecule has 27 heavy (non-hydrogen) atoms. The zero-order chi connectivity index (χ0) is 18.5. The summed E-state index contributed by atoms with van der Waals surface area (Å²) in [6.45, 7) is 5.41. The lowest BCUT2D eigenvalue weighted by Gasteiger charge is -2.33. The fraction of sp³-hybridized carbons (Fsp3) is 0.333. The van der Waals surface area contributed by atoms with E-state index in [1.54, 1.807) is 12.1 Å². The van der Waals surface area contributed by atoms with Gasteiger partial charge in [0.05, 0.1) is 41.1 Å². The van der Waals surface area contributed by atoms with Gasteiger partial charge in [-0.25, -0.2) is 0 Å². The molecule has 0 radical (unpaired) electrons. The number of nitro benzene ring substituents is 1. The normalized spacial score (nSPS) is 14.5. The van der Waals surface area contributed by atoms with Gasteiger partial charge in [-0.15, -0.1) is 0 Å². The van der Waals surface area contributed by atoms with Gasteiger partial charge in [0.2, 0.25) is 0 Å². The highest BCUT2D eigenvalue weighted by Gasteiger charge is 2.20. The second-order valence-corrected chi connectivity index (χ2v) is 7.00. The molecule has 0 unspecified atom stereocenters. The average molecular weight is 433 g/mol. The van der Waals surface area contributed by atoms with Gasteiger partial charge in [-0.05, 0) is 30.3 Å². The van der Waals surface area contributed by atoms with E-state index in [9.17, 15) is 10.1 Å². The summed E-state index contributed by atoms with van der Waals surface area (Å²) in [5.74, 6) is 0.657. The van der Waals surface area contributed by atoms with Crippen molar-refractivity contribution < 1.29 is 27.0 Å². The Kier molecular flexibility index (Phi) is 7.98. The Morgan fingerprint density at radius 3 is 2.33 bits per heavy atom. The number of benzene rings is 2. The van der Waals surface area contributed by atoms with Gasteiger partial charge in [0, 0.05) is 17.8 Å². The Hall–Kier alpha value is -1.73. The highest BCUT2D eigenvalue weighted by atomic mass is 35.5. The molecule has 1 heterocycles. The van der Waals surface area contributed by atoms with Crippen molar-refractivity contribution in [1.29, 1.82) is 0 Å². The number of nitrogens with one attached hydrogen (secondary N) is 1. The number of halogens is 3. The number of non-ortho nitro benzene ring substituents is 1. The number of hydrogen-bond acceptors (Lipinski definition) is 4. The number of quaternary nitrogens is 1. The van der Waals surface area contributed by atoms with Crippen molar-refractivity contribution in [1.82, 2.24) is 0 Å². The number of rotatable bonds is 6. The Morgan fingerprint density at radius 2 is 1.74 bits per heavy atom. The van der Waals surface area contributed by atoms with Gasteiger partial charge < -0.3 is 26.9 Å². The van der Waals surface area contributed by atoms with E-state index >= 15 is 0 Å². The first-order valence-electron chi connectivity index (χ1n) is 8.44. The molecule has 1 fully saturated rings. The minimum absolute atomic E-state index is 0. The maximum atomic E-state index is 10.6. The van der Waals surface area contributed by atoms with Crippen LogP contribution >= 0.6 is 23.2 Å². The summed E-state index contributed by atoms with van der Waals surface area (Å²) in [7, 11) is 0. The standard InChI is InChI=1S/C18H19Cl2N3O3.ClH/c19-17-6-3-15(13-18(17)20)22-9-7-21(8-10-22)11-12-26-16-4-1-14(2-5-16)23(24)25;/h1-6,13H,7-12H2;1H. The summed E-state index contributed by atoms with van der Waals surface area (Å²) in [6, 6.07) is 11.9. The maximum Gasteiger partial charge on any atom is 0.269 e. The summed E-state index contributed by atoms with van der Waals surface area (Å²) in [6.07, 6.45) is 0. The van der Waals surface area contributed by atoms with Crippen LogP contribution < -0.4 is 26.9 Å². The molecule has 0 bridgehead atoms. The lowest BCUT2D eigenvalue weighted by Crippen LogP contribution is -3.15. The molecule has 0 saturated carbocycles. The Balaban J connectivity index is 0.00000261. The molecule has 0 amide bonds. The van der Waals surface area contributed by atoms with Crippen LogP contribution in [0.15, 0.2) is 42.5 Å². The Morgan fingerprint density at radius 1 is 1.07 bits per heavy atom. The number of ether oxygens (including phenoxy) is 1. The largest absolute Gasteiger partial charge is 1.00 e. The second-order valence-electron chi connectivity index (χ2n) is 6.18. The van der Waals surface area contributed by atoms with Crippen LogP contribution in [-0.4, -0.2) is 44.3 Å². The quantitative estimate of drug-likeness (QED) is 0.503. The molecule has 9 heteroatoms. The molecule has 2 aromatic rings. The first-order valence-corrected chi connectivity index (χ1v) is 9.19. The fourth-order valence-corrected chi connectivity index (χ4v) is 3.28. The first kappa shape index (κ1) is 21.6. The van der Waals surface area contributed by atoms with Crippen LogP contribution in [0.2, 0.25) is 10.0 Å². The minimum Gasteiger partial charge on any atom is -1.00 e. The molecule has 146 valence electrons. The molecular weight excluding hydrogens is 413 g/mol. The Bertz CT molecular complexity index is 766. The van der Waals surface area contributed by atoms with E-state index in [0.717, 1.165) is 38.4 Å². The molecular formula is C18H20Cl3N3O3. The minimum atomic E-state index is -0.415. The maximum absolute atomic E-state index is 10.6. The summed E-state index contributed by atoms with van der Waals surface area (Å²) >= 11 is 12.1. The van der Waals surface area contributed by atoms with E-state index in [2.05, 4.69) is 4.90 Å².